The van der Waals surface area contributed by atoms with Gasteiger partial charge in [-0.05, 0) is 25.3 Å². The van der Waals surface area contributed by atoms with E-state index in [4.69, 9.17) is 0 Å². The van der Waals surface area contributed by atoms with Gasteiger partial charge < -0.3 is 5.11 Å². The lowest BCUT2D eigenvalue weighted by Crippen LogP contribution is -2.23. The predicted octanol–water partition coefficient (Wildman–Crippen LogP) is 1.59. The molecule has 2 aliphatic heterocycles. The number of fused-ring (bicyclic) bond motifs is 1. The lowest BCUT2D eigenvalue weighted by atomic mass is 10.1. The van der Waals surface area contributed by atoms with E-state index in [0.717, 1.165) is 29.1 Å². The van der Waals surface area contributed by atoms with Crippen LogP contribution in [-0.4, -0.2) is 54.4 Å². The van der Waals surface area contributed by atoms with E-state index in [1.165, 1.54) is 25.1 Å². The van der Waals surface area contributed by atoms with Gasteiger partial charge in [-0.2, -0.15) is 0 Å². The van der Waals surface area contributed by atoms with Crippen molar-refractivity contribution in [1.29, 1.82) is 0 Å². The number of phenolic OH excluding ortho intramolecular Hbond substituents is 1. The molecule has 1 amide bonds. The Morgan fingerprint density at radius 3 is 2.89 bits per heavy atom. The second kappa shape index (κ2) is 6.82. The number of amides is 1. The Hall–Kier alpha value is -1.98. The molecule has 3 fully saturated rings. The average molecular weight is 423 g/mol. The molecule has 8 nitrogen and oxygen atoms in total. The van der Waals surface area contributed by atoms with Crippen molar-refractivity contribution >= 4 is 45.6 Å². The molecule has 5 rings (SSSR count). The third-order valence-electron chi connectivity index (χ3n) is 5.06. The highest BCUT2D eigenvalue weighted by molar-refractivity contribution is 7.97. The van der Waals surface area contributed by atoms with Crippen molar-refractivity contribution in [2.75, 3.05) is 23.9 Å². The summed E-state index contributed by atoms with van der Waals surface area (Å²) in [7, 11) is 0. The number of aromatic nitrogens is 2. The second-order valence-electron chi connectivity index (χ2n) is 7.21. The van der Waals surface area contributed by atoms with E-state index in [1.807, 2.05) is 11.9 Å². The van der Waals surface area contributed by atoms with Crippen molar-refractivity contribution in [3.8, 4) is 5.75 Å². The van der Waals surface area contributed by atoms with Crippen LogP contribution in [0.3, 0.4) is 0 Å². The number of nitrogens with zero attached hydrogens (tertiary/aromatic N) is 4. The minimum atomic E-state index is -1.94. The maximum absolute atomic E-state index is 15.2. The molecule has 148 valence electrons. The van der Waals surface area contributed by atoms with Gasteiger partial charge in [-0.3, -0.25) is 13.8 Å². The van der Waals surface area contributed by atoms with E-state index >= 15 is 4.39 Å². The van der Waals surface area contributed by atoms with Gasteiger partial charge in [0.1, 0.15) is 29.3 Å². The van der Waals surface area contributed by atoms with Crippen molar-refractivity contribution in [3.63, 3.8) is 0 Å². The summed E-state index contributed by atoms with van der Waals surface area (Å²) in [5.74, 6) is -1.01. The summed E-state index contributed by atoms with van der Waals surface area (Å²) in [5.41, 5.74) is -0.228. The highest BCUT2D eigenvalue weighted by Gasteiger charge is 2.34. The molecule has 2 atom stereocenters. The summed E-state index contributed by atoms with van der Waals surface area (Å²) in [6.07, 6.45) is 4.95. The fourth-order valence-corrected chi connectivity index (χ4v) is 5.70. The van der Waals surface area contributed by atoms with Crippen LogP contribution in [0.4, 0.5) is 10.1 Å². The molecule has 1 saturated carbocycles. The molecule has 3 heterocycles. The molecule has 1 aromatic carbocycles. The Morgan fingerprint density at radius 1 is 1.36 bits per heavy atom. The van der Waals surface area contributed by atoms with E-state index in [1.54, 1.807) is 0 Å². The molecule has 1 aliphatic carbocycles. The van der Waals surface area contributed by atoms with Crippen LogP contribution in [0.5, 0.6) is 5.75 Å². The predicted molar refractivity (Wildman–Crippen MR) is 104 cm³/mol. The number of carbonyl (C=O) groups is 1. The van der Waals surface area contributed by atoms with Crippen molar-refractivity contribution in [1.82, 2.24) is 19.0 Å². The largest absolute Gasteiger partial charge is 0.506 e. The number of nitrogens with one attached hydrogen (secondary N) is 1. The number of aromatic hydroxyl groups is 1. The number of phenols is 1. The van der Waals surface area contributed by atoms with Crippen LogP contribution in [-0.2, 0) is 16.0 Å². The highest BCUT2D eigenvalue weighted by atomic mass is 32.2. The molecule has 2 aromatic rings. The maximum atomic E-state index is 15.2. The summed E-state index contributed by atoms with van der Waals surface area (Å²) in [4.78, 5) is 20.3. The number of anilines is 1. The smallest absolute Gasteiger partial charge is 0.253 e. The van der Waals surface area contributed by atoms with Crippen LogP contribution in [0.1, 0.15) is 31.0 Å². The number of carbonyl (C=O) groups excluding carboxylic acids is 1. The van der Waals surface area contributed by atoms with Gasteiger partial charge in [0.05, 0.1) is 0 Å². The monoisotopic (exact) mass is 423 g/mol. The summed E-state index contributed by atoms with van der Waals surface area (Å²) in [6.45, 7) is 1.49. The van der Waals surface area contributed by atoms with Gasteiger partial charge >= 0.3 is 0 Å². The van der Waals surface area contributed by atoms with Crippen LogP contribution in [0.15, 0.2) is 12.3 Å². The number of benzene rings is 1. The zero-order valence-corrected chi connectivity index (χ0v) is 16.4. The van der Waals surface area contributed by atoms with Gasteiger partial charge in [0, 0.05) is 35.8 Å². The Bertz CT molecular complexity index is 1000. The summed E-state index contributed by atoms with van der Waals surface area (Å²) < 4.78 is 32.8. The van der Waals surface area contributed by atoms with Crippen molar-refractivity contribution < 1.29 is 18.5 Å². The molecule has 3 aliphatic rings. The molecule has 2 N–H and O–H groups in total. The molecule has 0 bridgehead atoms. The highest BCUT2D eigenvalue weighted by Crippen LogP contribution is 2.41. The normalized spacial score (nSPS) is 25.6. The molecule has 0 spiro atoms. The van der Waals surface area contributed by atoms with Crippen LogP contribution >= 0.6 is 11.9 Å². The van der Waals surface area contributed by atoms with E-state index in [-0.39, 0.29) is 23.7 Å². The van der Waals surface area contributed by atoms with Gasteiger partial charge in [0.2, 0.25) is 11.2 Å². The molecule has 2 saturated heterocycles. The van der Waals surface area contributed by atoms with Crippen LogP contribution in [0, 0.1) is 5.82 Å². The Balaban J connectivity index is 1.48. The topological polar surface area (TPSA) is 98.7 Å². The third kappa shape index (κ3) is 3.20. The Morgan fingerprint density at radius 2 is 2.18 bits per heavy atom. The molecular weight excluding hydrogens is 405 g/mol. The summed E-state index contributed by atoms with van der Waals surface area (Å²) in [5, 5.41) is 11.3. The van der Waals surface area contributed by atoms with Crippen LogP contribution in [0.25, 0.3) is 10.9 Å². The van der Waals surface area contributed by atoms with Gasteiger partial charge in [0.15, 0.2) is 5.82 Å². The zero-order chi connectivity index (χ0) is 19.4. The van der Waals surface area contributed by atoms with Crippen molar-refractivity contribution in [2.45, 2.75) is 30.4 Å². The van der Waals surface area contributed by atoms with Crippen molar-refractivity contribution in [2.24, 2.45) is 0 Å². The maximum Gasteiger partial charge on any atom is 0.253 e. The summed E-state index contributed by atoms with van der Waals surface area (Å²) in [6, 6.07) is 1.33. The first-order valence-corrected chi connectivity index (χ1v) is 11.0. The number of halogens is 1. The summed E-state index contributed by atoms with van der Waals surface area (Å²) >= 11 is -0.0450. The molecule has 11 heteroatoms. The van der Waals surface area contributed by atoms with Gasteiger partial charge in [-0.25, -0.2) is 22.9 Å². The standard InChI is InChI=1S/C17H18FN5O3S2/c18-14-15-10(5-12(24)16(14)23-8-13(25)21-28(23)26)6-19-17(20-15)9-3-4-22(7-9)27-11-1-2-11/h5-6,9,11,24H,1-4,7-8H2,(H,21,25). The minimum Gasteiger partial charge on any atom is -0.506 e. The van der Waals surface area contributed by atoms with E-state index in [0.29, 0.717) is 11.2 Å². The van der Waals surface area contributed by atoms with E-state index < -0.39 is 28.6 Å². The third-order valence-corrected chi connectivity index (χ3v) is 7.58. The molecule has 1 aromatic heterocycles. The van der Waals surface area contributed by atoms with Crippen molar-refractivity contribution in [3.05, 3.63) is 23.9 Å². The lowest BCUT2D eigenvalue weighted by molar-refractivity contribution is -0.117. The lowest BCUT2D eigenvalue weighted by Gasteiger charge is -2.18. The Kier molecular flexibility index (Phi) is 4.40. The fourth-order valence-electron chi connectivity index (χ4n) is 3.52. The molecule has 0 radical (unpaired) electrons. The number of hydrogen-bond acceptors (Lipinski definition) is 7. The number of rotatable bonds is 4. The average Bonchev–Trinajstić information content (AvgIpc) is 3.24. The second-order valence-corrected chi connectivity index (χ2v) is 9.75. The zero-order valence-electron chi connectivity index (χ0n) is 14.8. The first kappa shape index (κ1) is 18.1. The van der Waals surface area contributed by atoms with Gasteiger partial charge in [-0.15, -0.1) is 0 Å². The van der Waals surface area contributed by atoms with Crippen LogP contribution < -0.4 is 9.03 Å². The quantitative estimate of drug-likeness (QED) is 0.721. The Labute approximate surface area is 167 Å². The first-order valence-electron chi connectivity index (χ1n) is 9.08. The first-order chi connectivity index (χ1) is 13.5. The molecule has 28 heavy (non-hydrogen) atoms. The van der Waals surface area contributed by atoms with E-state index in [2.05, 4.69) is 19.0 Å². The van der Waals surface area contributed by atoms with Crippen LogP contribution in [0.2, 0.25) is 0 Å². The number of hydrogen-bond donors (Lipinski definition) is 2. The van der Waals surface area contributed by atoms with E-state index in [9.17, 15) is 14.1 Å². The minimum absolute atomic E-state index is 0.0578. The molecular formula is C17H18FN5O3S2. The van der Waals surface area contributed by atoms with Gasteiger partial charge in [-0.1, -0.05) is 11.9 Å². The fraction of sp³-hybridized carbons (Fsp3) is 0.471. The molecule has 2 unspecified atom stereocenters. The SMILES string of the molecule is O=C1CN(c2c(O)cc3cnc(C4CCN(SC5CC5)C4)nc3c2F)S(=O)N1. The van der Waals surface area contributed by atoms with Gasteiger partial charge in [0.25, 0.3) is 5.91 Å².